The molecule has 1 aliphatic carbocycles. The van der Waals surface area contributed by atoms with Gasteiger partial charge in [-0.15, -0.1) is 11.6 Å². The minimum absolute atomic E-state index is 0.0610. The number of nitrogens with one attached hydrogen (secondary N) is 3. The van der Waals surface area contributed by atoms with Crippen LogP contribution in [0.25, 0.3) is 0 Å². The van der Waals surface area contributed by atoms with Gasteiger partial charge in [-0.05, 0) is 49.1 Å². The molecule has 0 radical (unpaired) electrons. The molecule has 0 atom stereocenters. The van der Waals surface area contributed by atoms with Crippen LogP contribution in [0, 0.1) is 5.92 Å². The molecule has 2 aromatic rings. The van der Waals surface area contributed by atoms with Crippen molar-refractivity contribution in [1.82, 2.24) is 9.97 Å². The molecule has 0 bridgehead atoms. The predicted octanol–water partition coefficient (Wildman–Crippen LogP) is 4.39. The van der Waals surface area contributed by atoms with Gasteiger partial charge in [-0.25, -0.2) is 4.98 Å². The summed E-state index contributed by atoms with van der Waals surface area (Å²) >= 11 is 5.48. The monoisotopic (exact) mass is 373 g/mol. The summed E-state index contributed by atoms with van der Waals surface area (Å²) in [6.07, 6.45) is 8.39. The molecule has 3 N–H and O–H groups in total. The summed E-state index contributed by atoms with van der Waals surface area (Å²) < 4.78 is 0. The van der Waals surface area contributed by atoms with Gasteiger partial charge in [-0.1, -0.05) is 19.3 Å². The Labute approximate surface area is 158 Å². The Kier molecular flexibility index (Phi) is 6.66. The van der Waals surface area contributed by atoms with E-state index in [2.05, 4.69) is 25.9 Å². The molecule has 1 amide bonds. The molecule has 0 unspecified atom stereocenters. The van der Waals surface area contributed by atoms with Crippen LogP contribution < -0.4 is 16.0 Å². The zero-order valence-corrected chi connectivity index (χ0v) is 15.4. The Morgan fingerprint density at radius 3 is 2.54 bits per heavy atom. The summed E-state index contributed by atoms with van der Waals surface area (Å²) in [4.78, 5) is 20.1. The Bertz CT molecular complexity index is 716. The van der Waals surface area contributed by atoms with E-state index in [4.69, 9.17) is 11.6 Å². The average molecular weight is 374 g/mol. The topological polar surface area (TPSA) is 78.9 Å². The molecule has 1 aliphatic rings. The normalized spacial score (nSPS) is 14.7. The first kappa shape index (κ1) is 18.5. The summed E-state index contributed by atoms with van der Waals surface area (Å²) in [6.45, 7) is 0.964. The van der Waals surface area contributed by atoms with Gasteiger partial charge in [0.25, 0.3) is 0 Å². The van der Waals surface area contributed by atoms with Crippen LogP contribution in [0.5, 0.6) is 0 Å². The van der Waals surface area contributed by atoms with Crippen LogP contribution in [0.2, 0.25) is 0 Å². The molecule has 1 heterocycles. The number of alkyl halides is 1. The number of hydrogen-bond acceptors (Lipinski definition) is 5. The molecular formula is C19H24ClN5O. The zero-order valence-electron chi connectivity index (χ0n) is 14.7. The van der Waals surface area contributed by atoms with Gasteiger partial charge >= 0.3 is 0 Å². The molecule has 7 heteroatoms. The second-order valence-electron chi connectivity index (χ2n) is 6.53. The minimum Gasteiger partial charge on any atom is -0.370 e. The van der Waals surface area contributed by atoms with E-state index >= 15 is 0 Å². The van der Waals surface area contributed by atoms with Crippen molar-refractivity contribution < 1.29 is 4.79 Å². The van der Waals surface area contributed by atoms with Gasteiger partial charge in [-0.2, -0.15) is 4.98 Å². The predicted molar refractivity (Wildman–Crippen MR) is 106 cm³/mol. The molecule has 1 aromatic heterocycles. The number of rotatable bonds is 7. The number of carbonyl (C=O) groups excluding carboxylic acids is 1. The lowest BCUT2D eigenvalue weighted by atomic mass is 9.89. The lowest BCUT2D eigenvalue weighted by molar-refractivity contribution is -0.113. The van der Waals surface area contributed by atoms with E-state index in [1.54, 1.807) is 18.3 Å². The highest BCUT2D eigenvalue weighted by molar-refractivity contribution is 6.29. The van der Waals surface area contributed by atoms with E-state index in [0.29, 0.717) is 11.6 Å². The SMILES string of the molecule is O=C(CCl)Nc1ccc(Nc2nccc(NCC3CCCCC3)n2)cc1. The Balaban J connectivity index is 1.55. The first-order chi connectivity index (χ1) is 12.7. The van der Waals surface area contributed by atoms with Crippen LogP contribution in [0.1, 0.15) is 32.1 Å². The molecule has 0 spiro atoms. The van der Waals surface area contributed by atoms with Gasteiger partial charge < -0.3 is 16.0 Å². The summed E-state index contributed by atoms with van der Waals surface area (Å²) in [6, 6.07) is 9.21. The number of anilines is 4. The maximum Gasteiger partial charge on any atom is 0.239 e. The van der Waals surface area contributed by atoms with Crippen molar-refractivity contribution in [2.45, 2.75) is 32.1 Å². The molecule has 138 valence electrons. The number of nitrogens with zero attached hydrogens (tertiary/aromatic N) is 2. The van der Waals surface area contributed by atoms with E-state index in [9.17, 15) is 4.79 Å². The summed E-state index contributed by atoms with van der Waals surface area (Å²) in [5.41, 5.74) is 1.54. The molecule has 1 fully saturated rings. The van der Waals surface area contributed by atoms with Crippen molar-refractivity contribution in [3.8, 4) is 0 Å². The van der Waals surface area contributed by atoms with E-state index in [0.717, 1.165) is 24.0 Å². The molecule has 3 rings (SSSR count). The number of amides is 1. The Morgan fingerprint density at radius 1 is 1.08 bits per heavy atom. The van der Waals surface area contributed by atoms with Gasteiger partial charge in [0.15, 0.2) is 0 Å². The first-order valence-corrected chi connectivity index (χ1v) is 9.56. The van der Waals surface area contributed by atoms with E-state index in [1.807, 2.05) is 18.2 Å². The van der Waals surface area contributed by atoms with Gasteiger partial charge in [0.1, 0.15) is 11.7 Å². The maximum atomic E-state index is 11.3. The molecule has 26 heavy (non-hydrogen) atoms. The fraction of sp³-hybridized carbons (Fsp3) is 0.421. The van der Waals surface area contributed by atoms with Gasteiger partial charge in [0.2, 0.25) is 11.9 Å². The fourth-order valence-corrected chi connectivity index (χ4v) is 3.18. The third-order valence-electron chi connectivity index (χ3n) is 4.50. The van der Waals surface area contributed by atoms with Gasteiger partial charge in [0, 0.05) is 24.1 Å². The van der Waals surface area contributed by atoms with Crippen molar-refractivity contribution in [2.75, 3.05) is 28.4 Å². The lowest BCUT2D eigenvalue weighted by Gasteiger charge is -2.22. The highest BCUT2D eigenvalue weighted by atomic mass is 35.5. The molecule has 6 nitrogen and oxygen atoms in total. The van der Waals surface area contributed by atoms with Crippen LogP contribution in [0.3, 0.4) is 0 Å². The quantitative estimate of drug-likeness (QED) is 0.627. The van der Waals surface area contributed by atoms with E-state index in [-0.39, 0.29) is 11.8 Å². The number of benzene rings is 1. The Morgan fingerprint density at radius 2 is 1.81 bits per heavy atom. The summed E-state index contributed by atoms with van der Waals surface area (Å²) in [7, 11) is 0. The van der Waals surface area contributed by atoms with Crippen LogP contribution in [0.4, 0.5) is 23.1 Å². The van der Waals surface area contributed by atoms with Crippen molar-refractivity contribution >= 4 is 40.6 Å². The van der Waals surface area contributed by atoms with Crippen molar-refractivity contribution in [3.63, 3.8) is 0 Å². The highest BCUT2D eigenvalue weighted by Crippen LogP contribution is 2.24. The van der Waals surface area contributed by atoms with Crippen LogP contribution in [-0.2, 0) is 4.79 Å². The smallest absolute Gasteiger partial charge is 0.239 e. The molecular weight excluding hydrogens is 350 g/mol. The number of halogens is 1. The van der Waals surface area contributed by atoms with Gasteiger partial charge in [0.05, 0.1) is 0 Å². The average Bonchev–Trinajstić information content (AvgIpc) is 2.69. The molecule has 0 saturated heterocycles. The fourth-order valence-electron chi connectivity index (χ4n) is 3.12. The maximum absolute atomic E-state index is 11.3. The van der Waals surface area contributed by atoms with Crippen LogP contribution in [-0.4, -0.2) is 28.3 Å². The van der Waals surface area contributed by atoms with E-state index < -0.39 is 0 Å². The van der Waals surface area contributed by atoms with Crippen LogP contribution >= 0.6 is 11.6 Å². The largest absolute Gasteiger partial charge is 0.370 e. The molecule has 1 saturated carbocycles. The third kappa shape index (κ3) is 5.59. The number of aromatic nitrogens is 2. The zero-order chi connectivity index (χ0) is 18.2. The van der Waals surface area contributed by atoms with Crippen molar-refractivity contribution in [1.29, 1.82) is 0 Å². The third-order valence-corrected chi connectivity index (χ3v) is 4.74. The number of hydrogen-bond donors (Lipinski definition) is 3. The highest BCUT2D eigenvalue weighted by Gasteiger charge is 2.13. The van der Waals surface area contributed by atoms with Crippen molar-refractivity contribution in [3.05, 3.63) is 36.5 Å². The summed E-state index contributed by atoms with van der Waals surface area (Å²) in [5.74, 6) is 1.82. The minimum atomic E-state index is -0.229. The lowest BCUT2D eigenvalue weighted by Crippen LogP contribution is -2.17. The first-order valence-electron chi connectivity index (χ1n) is 9.03. The standard InChI is InChI=1S/C19H24ClN5O/c20-12-18(26)23-15-6-8-16(9-7-15)24-19-21-11-10-17(25-19)22-13-14-4-2-1-3-5-14/h6-11,14H,1-5,12-13H2,(H,23,26)(H2,21,22,24,25). The summed E-state index contributed by atoms with van der Waals surface area (Å²) in [5, 5.41) is 9.30. The second kappa shape index (κ2) is 9.38. The number of carbonyl (C=O) groups is 1. The van der Waals surface area contributed by atoms with Crippen LogP contribution in [0.15, 0.2) is 36.5 Å². The Hall–Kier alpha value is -2.34. The molecule has 0 aliphatic heterocycles. The van der Waals surface area contributed by atoms with Gasteiger partial charge in [-0.3, -0.25) is 4.79 Å². The second-order valence-corrected chi connectivity index (χ2v) is 6.80. The molecule has 1 aromatic carbocycles. The van der Waals surface area contributed by atoms with E-state index in [1.165, 1.54) is 32.1 Å². The van der Waals surface area contributed by atoms with Crippen molar-refractivity contribution in [2.24, 2.45) is 5.92 Å².